The van der Waals surface area contributed by atoms with Gasteiger partial charge in [-0.05, 0) is 48.7 Å². The Labute approximate surface area is 145 Å². The summed E-state index contributed by atoms with van der Waals surface area (Å²) in [6.07, 6.45) is 1.35. The van der Waals surface area contributed by atoms with Gasteiger partial charge in [0.25, 0.3) is 5.91 Å². The Morgan fingerprint density at radius 2 is 1.72 bits per heavy atom. The van der Waals surface area contributed by atoms with Crippen molar-refractivity contribution in [1.29, 1.82) is 0 Å². The molecule has 0 atom stereocenters. The van der Waals surface area contributed by atoms with Gasteiger partial charge < -0.3 is 4.90 Å². The molecule has 1 aliphatic carbocycles. The summed E-state index contributed by atoms with van der Waals surface area (Å²) in [4.78, 5) is 26.6. The van der Waals surface area contributed by atoms with E-state index in [0.717, 1.165) is 11.3 Å². The highest BCUT2D eigenvalue weighted by atomic mass is 19.1. The third kappa shape index (κ3) is 3.47. The second-order valence-corrected chi connectivity index (χ2v) is 6.44. The van der Waals surface area contributed by atoms with E-state index in [2.05, 4.69) is 10.9 Å². The monoisotopic (exact) mass is 341 g/mol. The van der Waals surface area contributed by atoms with Crippen LogP contribution in [-0.4, -0.2) is 25.9 Å². The molecule has 0 bridgehead atoms. The summed E-state index contributed by atoms with van der Waals surface area (Å²) in [6, 6.07) is 13.0. The fourth-order valence-corrected chi connectivity index (χ4v) is 2.77. The van der Waals surface area contributed by atoms with Gasteiger partial charge in [0.05, 0.1) is 5.41 Å². The van der Waals surface area contributed by atoms with Crippen molar-refractivity contribution >= 4 is 17.5 Å². The quantitative estimate of drug-likeness (QED) is 0.840. The number of hydrazine groups is 1. The zero-order valence-corrected chi connectivity index (χ0v) is 14.2. The molecule has 25 heavy (non-hydrogen) atoms. The second kappa shape index (κ2) is 6.55. The third-order valence-electron chi connectivity index (χ3n) is 4.50. The maximum absolute atomic E-state index is 13.1. The zero-order chi connectivity index (χ0) is 18.0. The minimum absolute atomic E-state index is 0.281. The van der Waals surface area contributed by atoms with Crippen molar-refractivity contribution in [2.45, 2.75) is 18.3 Å². The average Bonchev–Trinajstić information content (AvgIpc) is 3.42. The molecular weight excluding hydrogens is 321 g/mol. The van der Waals surface area contributed by atoms with Gasteiger partial charge in [-0.1, -0.05) is 18.2 Å². The van der Waals surface area contributed by atoms with E-state index < -0.39 is 5.41 Å². The van der Waals surface area contributed by atoms with Gasteiger partial charge in [-0.3, -0.25) is 20.4 Å². The van der Waals surface area contributed by atoms with Crippen LogP contribution >= 0.6 is 0 Å². The van der Waals surface area contributed by atoms with Gasteiger partial charge in [0.1, 0.15) is 5.82 Å². The van der Waals surface area contributed by atoms with Crippen molar-refractivity contribution in [3.63, 3.8) is 0 Å². The Bertz CT molecular complexity index is 799. The molecule has 0 heterocycles. The molecule has 1 saturated carbocycles. The fraction of sp³-hybridized carbons (Fsp3) is 0.263. The van der Waals surface area contributed by atoms with Crippen LogP contribution in [0.5, 0.6) is 0 Å². The van der Waals surface area contributed by atoms with Crippen molar-refractivity contribution in [3.8, 4) is 0 Å². The molecule has 0 saturated heterocycles. The number of hydrogen-bond acceptors (Lipinski definition) is 3. The highest BCUT2D eigenvalue weighted by Crippen LogP contribution is 2.48. The molecule has 0 unspecified atom stereocenters. The molecule has 0 aromatic heterocycles. The SMILES string of the molecule is CN(C)c1cccc(C(=O)NNC(=O)C2(c3ccc(F)cc3)CC2)c1. The number of benzene rings is 2. The van der Waals surface area contributed by atoms with Gasteiger partial charge in [0, 0.05) is 25.3 Å². The molecule has 3 rings (SSSR count). The summed E-state index contributed by atoms with van der Waals surface area (Å²) in [7, 11) is 3.77. The van der Waals surface area contributed by atoms with Crippen LogP contribution in [0.1, 0.15) is 28.8 Å². The molecule has 0 radical (unpaired) electrons. The molecule has 2 amide bonds. The number of amides is 2. The minimum Gasteiger partial charge on any atom is -0.378 e. The number of nitrogens with zero attached hydrogens (tertiary/aromatic N) is 1. The van der Waals surface area contributed by atoms with Crippen molar-refractivity contribution in [3.05, 3.63) is 65.5 Å². The molecular formula is C19H20FN3O2. The molecule has 0 aliphatic heterocycles. The first-order valence-corrected chi connectivity index (χ1v) is 8.07. The molecule has 130 valence electrons. The Morgan fingerprint density at radius 1 is 1.04 bits per heavy atom. The summed E-state index contributed by atoms with van der Waals surface area (Å²) in [6.45, 7) is 0. The van der Waals surface area contributed by atoms with Crippen LogP contribution in [-0.2, 0) is 10.2 Å². The first-order chi connectivity index (χ1) is 11.9. The Balaban J connectivity index is 1.65. The van der Waals surface area contributed by atoms with Crippen LogP contribution < -0.4 is 15.8 Å². The highest BCUT2D eigenvalue weighted by Gasteiger charge is 2.51. The summed E-state index contributed by atoms with van der Waals surface area (Å²) in [5.74, 6) is -1.00. The van der Waals surface area contributed by atoms with Gasteiger partial charge in [0.2, 0.25) is 5.91 Å². The lowest BCUT2D eigenvalue weighted by molar-refractivity contribution is -0.124. The summed E-state index contributed by atoms with van der Waals surface area (Å²) < 4.78 is 13.1. The number of anilines is 1. The number of carbonyl (C=O) groups is 2. The van der Waals surface area contributed by atoms with Crippen LogP contribution in [0.25, 0.3) is 0 Å². The first kappa shape index (κ1) is 17.0. The van der Waals surface area contributed by atoms with Crippen molar-refractivity contribution < 1.29 is 14.0 Å². The van der Waals surface area contributed by atoms with Gasteiger partial charge in [0.15, 0.2) is 0 Å². The predicted octanol–water partition coefficient (Wildman–Crippen LogP) is 2.38. The molecule has 2 N–H and O–H groups in total. The van der Waals surface area contributed by atoms with Gasteiger partial charge in [-0.2, -0.15) is 0 Å². The molecule has 1 fully saturated rings. The van der Waals surface area contributed by atoms with E-state index in [1.807, 2.05) is 25.1 Å². The van der Waals surface area contributed by atoms with Gasteiger partial charge in [-0.15, -0.1) is 0 Å². The topological polar surface area (TPSA) is 61.4 Å². The van der Waals surface area contributed by atoms with E-state index >= 15 is 0 Å². The van der Waals surface area contributed by atoms with E-state index in [4.69, 9.17) is 0 Å². The first-order valence-electron chi connectivity index (χ1n) is 8.07. The van der Waals surface area contributed by atoms with Crippen LogP contribution in [0.15, 0.2) is 48.5 Å². The maximum Gasteiger partial charge on any atom is 0.269 e. The van der Waals surface area contributed by atoms with Crippen molar-refractivity contribution in [2.75, 3.05) is 19.0 Å². The molecule has 5 nitrogen and oxygen atoms in total. The van der Waals surface area contributed by atoms with Crippen LogP contribution in [0, 0.1) is 5.82 Å². The van der Waals surface area contributed by atoms with E-state index in [1.165, 1.54) is 12.1 Å². The lowest BCUT2D eigenvalue weighted by Crippen LogP contribution is -2.46. The maximum atomic E-state index is 13.1. The second-order valence-electron chi connectivity index (χ2n) is 6.44. The third-order valence-corrected chi connectivity index (χ3v) is 4.50. The van der Waals surface area contributed by atoms with Crippen LogP contribution in [0.4, 0.5) is 10.1 Å². The van der Waals surface area contributed by atoms with Gasteiger partial charge in [-0.25, -0.2) is 4.39 Å². The van der Waals surface area contributed by atoms with Gasteiger partial charge >= 0.3 is 0 Å². The number of nitrogens with one attached hydrogen (secondary N) is 2. The van der Waals surface area contributed by atoms with E-state index in [0.29, 0.717) is 18.4 Å². The largest absolute Gasteiger partial charge is 0.378 e. The number of halogens is 1. The summed E-state index contributed by atoms with van der Waals surface area (Å²) in [5, 5.41) is 0. The van der Waals surface area contributed by atoms with E-state index in [-0.39, 0.29) is 17.6 Å². The molecule has 1 aliphatic rings. The van der Waals surface area contributed by atoms with E-state index in [9.17, 15) is 14.0 Å². The zero-order valence-electron chi connectivity index (χ0n) is 14.2. The lowest BCUT2D eigenvalue weighted by atomic mass is 9.95. The lowest BCUT2D eigenvalue weighted by Gasteiger charge is -2.17. The number of carbonyl (C=O) groups excluding carboxylic acids is 2. The molecule has 2 aromatic rings. The van der Waals surface area contributed by atoms with Crippen LogP contribution in [0.3, 0.4) is 0 Å². The standard InChI is InChI=1S/C19H20FN3O2/c1-23(2)16-5-3-4-13(12-16)17(24)21-22-18(25)19(10-11-19)14-6-8-15(20)9-7-14/h3-9,12H,10-11H2,1-2H3,(H,21,24)(H,22,25). The molecule has 6 heteroatoms. The van der Waals surface area contributed by atoms with Crippen molar-refractivity contribution in [2.24, 2.45) is 0 Å². The Hall–Kier alpha value is -2.89. The number of hydrogen-bond donors (Lipinski definition) is 2. The Kier molecular flexibility index (Phi) is 4.44. The van der Waals surface area contributed by atoms with Crippen LogP contribution in [0.2, 0.25) is 0 Å². The summed E-state index contributed by atoms with van der Waals surface area (Å²) in [5.41, 5.74) is 6.40. The van der Waals surface area contributed by atoms with Crippen molar-refractivity contribution in [1.82, 2.24) is 10.9 Å². The Morgan fingerprint density at radius 3 is 2.32 bits per heavy atom. The molecule has 2 aromatic carbocycles. The predicted molar refractivity (Wildman–Crippen MR) is 93.7 cm³/mol. The molecule has 0 spiro atoms. The minimum atomic E-state index is -0.674. The summed E-state index contributed by atoms with van der Waals surface area (Å²) >= 11 is 0. The normalized spacial score (nSPS) is 14.5. The van der Waals surface area contributed by atoms with E-state index in [1.54, 1.807) is 30.3 Å². The highest BCUT2D eigenvalue weighted by molar-refractivity contribution is 5.98. The smallest absolute Gasteiger partial charge is 0.269 e. The number of rotatable bonds is 4. The average molecular weight is 341 g/mol. The fourth-order valence-electron chi connectivity index (χ4n) is 2.77.